The summed E-state index contributed by atoms with van der Waals surface area (Å²) in [5.74, 6) is -0.699. The van der Waals surface area contributed by atoms with Crippen molar-refractivity contribution in [3.63, 3.8) is 0 Å². The molecule has 3 aromatic rings. The van der Waals surface area contributed by atoms with Gasteiger partial charge in [0, 0.05) is 5.69 Å². The fraction of sp³-hybridized carbons (Fsp3) is 0.211. The smallest absolute Gasteiger partial charge is 0.338 e. The average molecular weight is 365 g/mol. The van der Waals surface area contributed by atoms with Crippen molar-refractivity contribution in [3.8, 4) is 5.69 Å². The van der Waals surface area contributed by atoms with Gasteiger partial charge in [-0.3, -0.25) is 4.79 Å². The molecular weight excluding hydrogens is 346 g/mol. The molecule has 0 fully saturated rings. The zero-order valence-electron chi connectivity index (χ0n) is 15.0. The van der Waals surface area contributed by atoms with Crippen LogP contribution in [0.25, 0.3) is 5.69 Å². The van der Waals surface area contributed by atoms with Crippen molar-refractivity contribution in [1.82, 2.24) is 20.2 Å². The molecule has 0 unspecified atom stereocenters. The number of carbonyl (C=O) groups is 2. The molecule has 0 saturated carbocycles. The number of hydrogen-bond acceptors (Lipinski definition) is 6. The number of esters is 1. The van der Waals surface area contributed by atoms with Crippen LogP contribution in [0, 0.1) is 0 Å². The first-order valence-corrected chi connectivity index (χ1v) is 8.44. The van der Waals surface area contributed by atoms with Gasteiger partial charge in [-0.05, 0) is 52.2 Å². The Kier molecular flexibility index (Phi) is 5.55. The molecule has 0 aliphatic heterocycles. The Morgan fingerprint density at radius 1 is 1.11 bits per heavy atom. The second kappa shape index (κ2) is 8.22. The van der Waals surface area contributed by atoms with Gasteiger partial charge in [0.2, 0.25) is 0 Å². The van der Waals surface area contributed by atoms with Crippen LogP contribution in [0.1, 0.15) is 35.7 Å². The highest BCUT2D eigenvalue weighted by Crippen LogP contribution is 2.23. The third-order valence-corrected chi connectivity index (χ3v) is 3.91. The minimum Gasteiger partial charge on any atom is -0.452 e. The van der Waals surface area contributed by atoms with Crippen molar-refractivity contribution in [2.45, 2.75) is 19.8 Å². The highest BCUT2D eigenvalue weighted by Gasteiger charge is 2.13. The predicted molar refractivity (Wildman–Crippen MR) is 98.6 cm³/mol. The summed E-state index contributed by atoms with van der Waals surface area (Å²) in [4.78, 5) is 24.2. The number of amides is 1. The van der Waals surface area contributed by atoms with E-state index in [0.717, 1.165) is 11.3 Å². The first-order chi connectivity index (χ1) is 13.0. The molecule has 1 N–H and O–H groups in total. The molecule has 2 aromatic carbocycles. The van der Waals surface area contributed by atoms with E-state index < -0.39 is 5.97 Å². The maximum absolute atomic E-state index is 12.1. The molecule has 0 radical (unpaired) electrons. The number of nitrogens with zero attached hydrogens (tertiary/aromatic N) is 4. The van der Waals surface area contributed by atoms with Crippen LogP contribution in [0.2, 0.25) is 0 Å². The van der Waals surface area contributed by atoms with Crippen molar-refractivity contribution >= 4 is 17.6 Å². The van der Waals surface area contributed by atoms with E-state index in [1.807, 2.05) is 38.1 Å². The fourth-order valence-corrected chi connectivity index (χ4v) is 2.54. The molecule has 1 amide bonds. The normalized spacial score (nSPS) is 10.6. The largest absolute Gasteiger partial charge is 0.452 e. The van der Waals surface area contributed by atoms with Gasteiger partial charge in [0.1, 0.15) is 6.33 Å². The van der Waals surface area contributed by atoms with E-state index in [2.05, 4.69) is 20.8 Å². The number of benzene rings is 2. The molecule has 0 bridgehead atoms. The van der Waals surface area contributed by atoms with Gasteiger partial charge in [-0.2, -0.15) is 0 Å². The minimum atomic E-state index is -0.578. The van der Waals surface area contributed by atoms with E-state index >= 15 is 0 Å². The number of carbonyl (C=O) groups excluding carboxylic acids is 2. The highest BCUT2D eigenvalue weighted by atomic mass is 16.5. The molecule has 3 rings (SSSR count). The summed E-state index contributed by atoms with van der Waals surface area (Å²) < 4.78 is 6.56. The number of rotatable bonds is 6. The molecule has 0 atom stereocenters. The summed E-state index contributed by atoms with van der Waals surface area (Å²) in [5.41, 5.74) is 2.79. The predicted octanol–water partition coefficient (Wildman–Crippen LogP) is 2.58. The Balaban J connectivity index is 1.57. The first kappa shape index (κ1) is 18.2. The third kappa shape index (κ3) is 4.55. The fourth-order valence-electron chi connectivity index (χ4n) is 2.54. The van der Waals surface area contributed by atoms with E-state index in [0.29, 0.717) is 11.3 Å². The maximum atomic E-state index is 12.1. The van der Waals surface area contributed by atoms with Crippen molar-refractivity contribution in [2.24, 2.45) is 0 Å². The van der Waals surface area contributed by atoms with E-state index in [-0.39, 0.29) is 18.4 Å². The summed E-state index contributed by atoms with van der Waals surface area (Å²) in [6.45, 7) is 3.73. The second-order valence-corrected chi connectivity index (χ2v) is 6.17. The van der Waals surface area contributed by atoms with Gasteiger partial charge in [0.15, 0.2) is 6.61 Å². The molecule has 1 heterocycles. The molecule has 0 saturated heterocycles. The average Bonchev–Trinajstić information content (AvgIpc) is 3.21. The van der Waals surface area contributed by atoms with Crippen molar-refractivity contribution < 1.29 is 14.3 Å². The number of nitrogens with one attached hydrogen (secondary N) is 1. The van der Waals surface area contributed by atoms with Crippen molar-refractivity contribution in [1.29, 1.82) is 0 Å². The number of aromatic nitrogens is 4. The lowest BCUT2D eigenvalue weighted by Gasteiger charge is -2.13. The number of tetrazole rings is 1. The van der Waals surface area contributed by atoms with Crippen LogP contribution in [0.15, 0.2) is 54.9 Å². The van der Waals surface area contributed by atoms with Gasteiger partial charge in [-0.15, -0.1) is 5.10 Å². The minimum absolute atomic E-state index is 0.266. The van der Waals surface area contributed by atoms with Gasteiger partial charge in [-0.25, -0.2) is 9.48 Å². The van der Waals surface area contributed by atoms with Crippen molar-refractivity contribution in [2.75, 3.05) is 11.9 Å². The number of hydrogen-bond donors (Lipinski definition) is 1. The van der Waals surface area contributed by atoms with Crippen LogP contribution >= 0.6 is 0 Å². The molecule has 8 nitrogen and oxygen atoms in total. The second-order valence-electron chi connectivity index (χ2n) is 6.17. The van der Waals surface area contributed by atoms with Crippen LogP contribution in [0.5, 0.6) is 0 Å². The monoisotopic (exact) mass is 365 g/mol. The lowest BCUT2D eigenvalue weighted by atomic mass is 10.0. The lowest BCUT2D eigenvalue weighted by molar-refractivity contribution is -0.119. The van der Waals surface area contributed by atoms with Gasteiger partial charge in [-0.1, -0.05) is 32.0 Å². The summed E-state index contributed by atoms with van der Waals surface area (Å²) in [6, 6.07) is 14.1. The van der Waals surface area contributed by atoms with Crippen LogP contribution < -0.4 is 5.32 Å². The first-order valence-electron chi connectivity index (χ1n) is 8.44. The Labute approximate surface area is 156 Å². The molecule has 27 heavy (non-hydrogen) atoms. The lowest BCUT2D eigenvalue weighted by Crippen LogP contribution is -2.21. The van der Waals surface area contributed by atoms with E-state index in [1.165, 1.54) is 11.0 Å². The Hall–Kier alpha value is -3.55. The topological polar surface area (TPSA) is 99.0 Å². The van der Waals surface area contributed by atoms with Gasteiger partial charge in [0.25, 0.3) is 5.91 Å². The van der Waals surface area contributed by atoms with Crippen LogP contribution in [-0.2, 0) is 9.53 Å². The molecule has 138 valence electrons. The van der Waals surface area contributed by atoms with Gasteiger partial charge < -0.3 is 10.1 Å². The zero-order valence-corrected chi connectivity index (χ0v) is 15.0. The third-order valence-electron chi connectivity index (χ3n) is 3.91. The van der Waals surface area contributed by atoms with Crippen LogP contribution in [-0.4, -0.2) is 38.7 Å². The molecule has 8 heteroatoms. The molecule has 0 spiro atoms. The quantitative estimate of drug-likeness (QED) is 0.674. The van der Waals surface area contributed by atoms with E-state index in [4.69, 9.17) is 4.74 Å². The molecule has 0 aliphatic carbocycles. The Morgan fingerprint density at radius 3 is 2.52 bits per heavy atom. The van der Waals surface area contributed by atoms with E-state index in [1.54, 1.807) is 24.3 Å². The summed E-state index contributed by atoms with van der Waals surface area (Å²) >= 11 is 0. The SMILES string of the molecule is CC(C)c1ccccc1NC(=O)COC(=O)c1ccc(-n2cnnn2)cc1. The van der Waals surface area contributed by atoms with Crippen LogP contribution in [0.4, 0.5) is 5.69 Å². The zero-order chi connectivity index (χ0) is 19.2. The number of para-hydroxylation sites is 1. The summed E-state index contributed by atoms with van der Waals surface area (Å²) in [6.07, 6.45) is 1.45. The highest BCUT2D eigenvalue weighted by molar-refractivity contribution is 5.96. The van der Waals surface area contributed by atoms with Crippen molar-refractivity contribution in [3.05, 3.63) is 66.0 Å². The summed E-state index contributed by atoms with van der Waals surface area (Å²) in [7, 11) is 0. The van der Waals surface area contributed by atoms with Gasteiger partial charge in [0.05, 0.1) is 11.3 Å². The van der Waals surface area contributed by atoms with Crippen LogP contribution in [0.3, 0.4) is 0 Å². The number of anilines is 1. The Morgan fingerprint density at radius 2 is 1.85 bits per heavy atom. The van der Waals surface area contributed by atoms with Gasteiger partial charge >= 0.3 is 5.97 Å². The Bertz CT molecular complexity index is 921. The molecule has 1 aromatic heterocycles. The van der Waals surface area contributed by atoms with E-state index in [9.17, 15) is 9.59 Å². The standard InChI is InChI=1S/C19H19N5O3/c1-13(2)16-5-3-4-6-17(16)21-18(25)11-27-19(26)14-7-9-15(10-8-14)24-12-20-22-23-24/h3-10,12-13H,11H2,1-2H3,(H,21,25). The molecular formula is C19H19N5O3. The number of ether oxygens (including phenoxy) is 1. The molecule has 0 aliphatic rings. The summed E-state index contributed by atoms with van der Waals surface area (Å²) in [5, 5.41) is 13.7. The maximum Gasteiger partial charge on any atom is 0.338 e.